The summed E-state index contributed by atoms with van der Waals surface area (Å²) in [5.41, 5.74) is 2.40. The van der Waals surface area contributed by atoms with Crippen LogP contribution in [0.15, 0.2) is 58.8 Å². The van der Waals surface area contributed by atoms with Crippen LogP contribution in [0.25, 0.3) is 11.3 Å². The number of benzene rings is 2. The van der Waals surface area contributed by atoms with E-state index in [2.05, 4.69) is 15.6 Å². The Kier molecular flexibility index (Phi) is 7.31. The standard InChI is InChI=1S/C24H26N4O5S2/c1-15-12-28(13-16(2)33-15)35(31,32)21-6-4-5-19(11-21)23(30)27-24-26-22(14-34-24)18-7-9-20(10-8-18)25-17(3)29/h4-11,14-16H,12-13H2,1-3H3,(H,25,29)(H,26,27,30)/t15-,16-/m0/s1. The summed E-state index contributed by atoms with van der Waals surface area (Å²) in [6.07, 6.45) is -0.415. The first-order valence-electron chi connectivity index (χ1n) is 11.0. The summed E-state index contributed by atoms with van der Waals surface area (Å²) < 4.78 is 33.4. The van der Waals surface area contributed by atoms with Crippen LogP contribution < -0.4 is 10.6 Å². The highest BCUT2D eigenvalue weighted by molar-refractivity contribution is 7.89. The van der Waals surface area contributed by atoms with E-state index in [1.165, 1.54) is 34.7 Å². The lowest BCUT2D eigenvalue weighted by Crippen LogP contribution is -2.48. The average Bonchev–Trinajstić information content (AvgIpc) is 3.27. The fourth-order valence-corrected chi connectivity index (χ4v) is 6.19. The molecule has 2 aromatic carbocycles. The van der Waals surface area contributed by atoms with Crippen LogP contribution in [0.2, 0.25) is 0 Å². The third kappa shape index (κ3) is 5.93. The molecule has 3 aromatic rings. The summed E-state index contributed by atoms with van der Waals surface area (Å²) in [4.78, 5) is 28.5. The maximum atomic E-state index is 13.2. The summed E-state index contributed by atoms with van der Waals surface area (Å²) in [6.45, 7) is 5.63. The summed E-state index contributed by atoms with van der Waals surface area (Å²) >= 11 is 1.26. The number of rotatable bonds is 6. The third-order valence-electron chi connectivity index (χ3n) is 5.35. The molecule has 2 atom stereocenters. The minimum Gasteiger partial charge on any atom is -0.373 e. The average molecular weight is 515 g/mol. The smallest absolute Gasteiger partial charge is 0.257 e. The van der Waals surface area contributed by atoms with E-state index < -0.39 is 15.9 Å². The van der Waals surface area contributed by atoms with Crippen molar-refractivity contribution in [2.45, 2.75) is 37.9 Å². The van der Waals surface area contributed by atoms with Crippen LogP contribution in [0, 0.1) is 0 Å². The Labute approximate surface area is 208 Å². The van der Waals surface area contributed by atoms with Crippen molar-refractivity contribution in [3.63, 3.8) is 0 Å². The Hall–Kier alpha value is -3.12. The Morgan fingerprint density at radius 2 is 1.74 bits per heavy atom. The van der Waals surface area contributed by atoms with Gasteiger partial charge >= 0.3 is 0 Å². The van der Waals surface area contributed by atoms with Crippen LogP contribution in [-0.2, 0) is 19.6 Å². The molecule has 0 radical (unpaired) electrons. The fraction of sp³-hybridized carbons (Fsp3) is 0.292. The number of anilines is 2. The molecule has 0 aliphatic carbocycles. The van der Waals surface area contributed by atoms with Crippen molar-refractivity contribution in [2.75, 3.05) is 23.7 Å². The van der Waals surface area contributed by atoms with Crippen molar-refractivity contribution in [2.24, 2.45) is 0 Å². The highest BCUT2D eigenvalue weighted by atomic mass is 32.2. The molecule has 9 nitrogen and oxygen atoms in total. The Balaban J connectivity index is 1.47. The minimum atomic E-state index is -3.77. The number of nitrogens with one attached hydrogen (secondary N) is 2. The molecule has 1 aliphatic rings. The monoisotopic (exact) mass is 514 g/mol. The van der Waals surface area contributed by atoms with E-state index >= 15 is 0 Å². The molecule has 0 unspecified atom stereocenters. The maximum Gasteiger partial charge on any atom is 0.257 e. The quantitative estimate of drug-likeness (QED) is 0.516. The van der Waals surface area contributed by atoms with Gasteiger partial charge in [0.1, 0.15) is 0 Å². The van der Waals surface area contributed by atoms with Gasteiger partial charge in [0.25, 0.3) is 5.91 Å². The summed E-state index contributed by atoms with van der Waals surface area (Å²) in [5, 5.41) is 7.65. The SMILES string of the molecule is CC(=O)Nc1ccc(-c2csc(NC(=O)c3cccc(S(=O)(=O)N4C[C@H](C)O[C@@H](C)C4)c3)n2)cc1. The Bertz CT molecular complexity index is 1330. The van der Waals surface area contributed by atoms with Gasteiger partial charge in [-0.05, 0) is 44.2 Å². The highest BCUT2D eigenvalue weighted by Gasteiger charge is 2.32. The number of carbonyl (C=O) groups is 2. The van der Waals surface area contributed by atoms with Gasteiger partial charge in [-0.2, -0.15) is 4.31 Å². The fourth-order valence-electron chi connectivity index (χ4n) is 3.83. The zero-order valence-electron chi connectivity index (χ0n) is 19.5. The van der Waals surface area contributed by atoms with Crippen LogP contribution in [0.5, 0.6) is 0 Å². The van der Waals surface area contributed by atoms with Gasteiger partial charge in [0.15, 0.2) is 5.13 Å². The van der Waals surface area contributed by atoms with E-state index in [0.29, 0.717) is 16.5 Å². The molecule has 0 bridgehead atoms. The molecular formula is C24H26N4O5S2. The molecule has 35 heavy (non-hydrogen) atoms. The first-order valence-corrected chi connectivity index (χ1v) is 13.3. The van der Waals surface area contributed by atoms with E-state index in [0.717, 1.165) is 5.56 Å². The number of hydrogen-bond donors (Lipinski definition) is 2. The number of nitrogens with zero attached hydrogens (tertiary/aromatic N) is 2. The van der Waals surface area contributed by atoms with Gasteiger partial charge in [-0.15, -0.1) is 11.3 Å². The van der Waals surface area contributed by atoms with Crippen molar-refractivity contribution in [1.29, 1.82) is 0 Å². The molecule has 2 heterocycles. The number of sulfonamides is 1. The Morgan fingerprint density at radius 1 is 1.06 bits per heavy atom. The lowest BCUT2D eigenvalue weighted by molar-refractivity contribution is -0.114. The number of carbonyl (C=O) groups excluding carboxylic acids is 2. The first-order chi connectivity index (χ1) is 16.6. The van der Waals surface area contributed by atoms with E-state index in [1.807, 2.05) is 31.4 Å². The first kappa shape index (κ1) is 25.0. The van der Waals surface area contributed by atoms with Crippen molar-refractivity contribution < 1.29 is 22.7 Å². The molecular weight excluding hydrogens is 488 g/mol. The Morgan fingerprint density at radius 3 is 2.40 bits per heavy atom. The number of hydrogen-bond acceptors (Lipinski definition) is 7. The lowest BCUT2D eigenvalue weighted by Gasteiger charge is -2.34. The summed E-state index contributed by atoms with van der Waals surface area (Å²) in [5.74, 6) is -0.602. The normalized spacial score (nSPS) is 18.7. The van der Waals surface area contributed by atoms with Crippen LogP contribution in [0.3, 0.4) is 0 Å². The van der Waals surface area contributed by atoms with Gasteiger partial charge in [-0.3, -0.25) is 14.9 Å². The van der Waals surface area contributed by atoms with Crippen LogP contribution >= 0.6 is 11.3 Å². The van der Waals surface area contributed by atoms with Crippen molar-refractivity contribution in [3.8, 4) is 11.3 Å². The molecule has 2 N–H and O–H groups in total. The molecule has 1 saturated heterocycles. The van der Waals surface area contributed by atoms with E-state index in [4.69, 9.17) is 4.74 Å². The minimum absolute atomic E-state index is 0.0607. The molecule has 184 valence electrons. The predicted molar refractivity (Wildman–Crippen MR) is 135 cm³/mol. The predicted octanol–water partition coefficient (Wildman–Crippen LogP) is 3.82. The molecule has 1 aromatic heterocycles. The molecule has 0 spiro atoms. The van der Waals surface area contributed by atoms with E-state index in [9.17, 15) is 18.0 Å². The van der Waals surface area contributed by atoms with Crippen LogP contribution in [-0.4, -0.2) is 54.8 Å². The lowest BCUT2D eigenvalue weighted by atomic mass is 10.1. The molecule has 1 aliphatic heterocycles. The number of ether oxygens (including phenoxy) is 1. The topological polar surface area (TPSA) is 118 Å². The van der Waals surface area contributed by atoms with Gasteiger partial charge in [-0.1, -0.05) is 18.2 Å². The summed E-state index contributed by atoms with van der Waals surface area (Å²) in [6, 6.07) is 13.2. The molecule has 11 heteroatoms. The van der Waals surface area contributed by atoms with Gasteiger partial charge in [0.05, 0.1) is 22.8 Å². The largest absolute Gasteiger partial charge is 0.373 e. The van der Waals surface area contributed by atoms with Crippen LogP contribution in [0.4, 0.5) is 10.8 Å². The van der Waals surface area contributed by atoms with Crippen molar-refractivity contribution in [1.82, 2.24) is 9.29 Å². The summed E-state index contributed by atoms with van der Waals surface area (Å²) in [7, 11) is -3.77. The molecule has 4 rings (SSSR count). The van der Waals surface area contributed by atoms with Gasteiger partial charge in [-0.25, -0.2) is 13.4 Å². The number of amides is 2. The number of thiazole rings is 1. The molecule has 0 saturated carbocycles. The van der Waals surface area contributed by atoms with Gasteiger partial charge in [0, 0.05) is 42.2 Å². The zero-order valence-corrected chi connectivity index (χ0v) is 21.2. The third-order valence-corrected chi connectivity index (χ3v) is 7.93. The van der Waals surface area contributed by atoms with E-state index in [-0.39, 0.29) is 41.7 Å². The molecule has 1 fully saturated rings. The second kappa shape index (κ2) is 10.2. The maximum absolute atomic E-state index is 13.2. The molecule has 2 amide bonds. The second-order valence-electron chi connectivity index (χ2n) is 8.36. The highest BCUT2D eigenvalue weighted by Crippen LogP contribution is 2.27. The van der Waals surface area contributed by atoms with Gasteiger partial charge in [0.2, 0.25) is 15.9 Å². The van der Waals surface area contributed by atoms with E-state index in [1.54, 1.807) is 24.3 Å². The zero-order chi connectivity index (χ0) is 25.2. The van der Waals surface area contributed by atoms with Crippen molar-refractivity contribution >= 4 is 44.0 Å². The van der Waals surface area contributed by atoms with Gasteiger partial charge < -0.3 is 10.1 Å². The number of morpholine rings is 1. The number of aromatic nitrogens is 1. The van der Waals surface area contributed by atoms with Crippen molar-refractivity contribution in [3.05, 3.63) is 59.5 Å². The second-order valence-corrected chi connectivity index (χ2v) is 11.2. The van der Waals surface area contributed by atoms with Crippen LogP contribution in [0.1, 0.15) is 31.1 Å².